The molecule has 1 unspecified atom stereocenters. The molecular formula is C5H5F3O3S. The van der Waals surface area contributed by atoms with E-state index in [0.717, 1.165) is 0 Å². The van der Waals surface area contributed by atoms with E-state index in [1.807, 2.05) is 0 Å². The molecule has 0 N–H and O–H groups in total. The molecule has 0 heterocycles. The summed E-state index contributed by atoms with van der Waals surface area (Å²) < 4.78 is 59.2. The van der Waals surface area contributed by atoms with Crippen LogP contribution in [0.15, 0.2) is 11.6 Å². The molecule has 0 saturated heterocycles. The van der Waals surface area contributed by atoms with Gasteiger partial charge in [0, 0.05) is 0 Å². The van der Waals surface area contributed by atoms with Gasteiger partial charge in [-0.05, 0) is 18.6 Å². The first-order valence-electron chi connectivity index (χ1n) is 2.92. The lowest BCUT2D eigenvalue weighted by Gasteiger charge is -2.07. The molecule has 0 saturated carbocycles. The summed E-state index contributed by atoms with van der Waals surface area (Å²) in [7, 11) is -5.42. The Hall–Kier alpha value is -0.560. The van der Waals surface area contributed by atoms with E-state index >= 15 is 0 Å². The number of alkyl halides is 3. The Morgan fingerprint density at radius 1 is 1.50 bits per heavy atom. The summed E-state index contributed by atoms with van der Waals surface area (Å²) in [5.74, 6) is 0. The van der Waals surface area contributed by atoms with Crippen LogP contribution in [0.25, 0.3) is 0 Å². The molecule has 0 aromatic carbocycles. The summed E-state index contributed by atoms with van der Waals surface area (Å²) in [4.78, 5) is 0. The van der Waals surface area contributed by atoms with E-state index in [1.165, 1.54) is 13.0 Å². The Morgan fingerprint density at radius 2 is 1.92 bits per heavy atom. The van der Waals surface area contributed by atoms with Crippen molar-refractivity contribution in [3.8, 4) is 0 Å². The van der Waals surface area contributed by atoms with Crippen molar-refractivity contribution in [3.05, 3.63) is 11.6 Å². The molecule has 7 heteroatoms. The lowest BCUT2D eigenvalue weighted by Crippen LogP contribution is -2.26. The van der Waals surface area contributed by atoms with Crippen LogP contribution in [-0.2, 0) is 14.3 Å². The predicted octanol–water partition coefficient (Wildman–Crippen LogP) is 1.18. The molecule has 1 aliphatic carbocycles. The maximum atomic E-state index is 11.6. The number of hydrogen-bond donors (Lipinski definition) is 0. The first-order valence-corrected chi connectivity index (χ1v) is 4.33. The molecule has 0 radical (unpaired) electrons. The standard InChI is InChI=1S/C5H5F3O3S/c1-3-2-4(3)11-12(9,10)5(6,7)8/h2,4H,1H3. The molecule has 0 fully saturated rings. The Morgan fingerprint density at radius 3 is 2.17 bits per heavy atom. The third kappa shape index (κ3) is 1.78. The fourth-order valence-electron chi connectivity index (χ4n) is 0.485. The van der Waals surface area contributed by atoms with E-state index in [-0.39, 0.29) is 0 Å². The summed E-state index contributed by atoms with van der Waals surface area (Å²) in [5, 5.41) is 0. The summed E-state index contributed by atoms with van der Waals surface area (Å²) >= 11 is 0. The molecule has 1 atom stereocenters. The third-order valence-electron chi connectivity index (χ3n) is 1.27. The Bertz CT molecular complexity index is 313. The zero-order valence-electron chi connectivity index (χ0n) is 5.92. The van der Waals surface area contributed by atoms with Gasteiger partial charge in [-0.3, -0.25) is 4.18 Å². The Balaban J connectivity index is 2.63. The van der Waals surface area contributed by atoms with Gasteiger partial charge in [0.15, 0.2) is 0 Å². The van der Waals surface area contributed by atoms with Crippen molar-refractivity contribution in [2.45, 2.75) is 18.5 Å². The molecule has 0 spiro atoms. The molecule has 0 aliphatic heterocycles. The largest absolute Gasteiger partial charge is 0.523 e. The Labute approximate surface area is 66.9 Å². The van der Waals surface area contributed by atoms with Crippen LogP contribution in [0, 0.1) is 0 Å². The molecule has 12 heavy (non-hydrogen) atoms. The van der Waals surface area contributed by atoms with Crippen LogP contribution >= 0.6 is 0 Å². The average Bonchev–Trinajstić information content (AvgIpc) is 2.41. The quantitative estimate of drug-likeness (QED) is 0.383. The monoisotopic (exact) mass is 202 g/mol. The second-order valence-electron chi connectivity index (χ2n) is 2.33. The van der Waals surface area contributed by atoms with Crippen molar-refractivity contribution in [2.24, 2.45) is 0 Å². The minimum Gasteiger partial charge on any atom is -0.251 e. The van der Waals surface area contributed by atoms with Crippen molar-refractivity contribution in [3.63, 3.8) is 0 Å². The minimum absolute atomic E-state index is 0.489. The van der Waals surface area contributed by atoms with E-state index < -0.39 is 21.7 Å². The molecule has 1 rings (SSSR count). The first-order chi connectivity index (χ1) is 5.24. The van der Waals surface area contributed by atoms with Crippen molar-refractivity contribution in [1.29, 1.82) is 0 Å². The van der Waals surface area contributed by atoms with Crippen LogP contribution in [0.3, 0.4) is 0 Å². The number of halogens is 3. The van der Waals surface area contributed by atoms with E-state index in [2.05, 4.69) is 4.18 Å². The van der Waals surface area contributed by atoms with Gasteiger partial charge in [-0.25, -0.2) is 0 Å². The normalized spacial score (nSPS) is 23.7. The van der Waals surface area contributed by atoms with E-state index in [0.29, 0.717) is 5.57 Å². The van der Waals surface area contributed by atoms with Crippen LogP contribution in [0.1, 0.15) is 6.92 Å². The molecule has 0 aromatic rings. The molecule has 0 bridgehead atoms. The van der Waals surface area contributed by atoms with Gasteiger partial charge in [-0.15, -0.1) is 0 Å². The minimum atomic E-state index is -5.42. The fraction of sp³-hybridized carbons (Fsp3) is 0.600. The highest BCUT2D eigenvalue weighted by atomic mass is 32.2. The maximum Gasteiger partial charge on any atom is 0.523 e. The van der Waals surface area contributed by atoms with Crippen LogP contribution < -0.4 is 0 Å². The first kappa shape index (κ1) is 9.53. The van der Waals surface area contributed by atoms with Gasteiger partial charge in [-0.1, -0.05) is 0 Å². The van der Waals surface area contributed by atoms with Gasteiger partial charge in [0.25, 0.3) is 0 Å². The van der Waals surface area contributed by atoms with E-state index in [4.69, 9.17) is 0 Å². The van der Waals surface area contributed by atoms with Gasteiger partial charge in [0.1, 0.15) is 6.10 Å². The van der Waals surface area contributed by atoms with Crippen molar-refractivity contribution >= 4 is 10.1 Å². The van der Waals surface area contributed by atoms with Crippen LogP contribution in [0.5, 0.6) is 0 Å². The third-order valence-corrected chi connectivity index (χ3v) is 2.30. The molecule has 0 amide bonds. The fourth-order valence-corrected chi connectivity index (χ4v) is 1.07. The smallest absolute Gasteiger partial charge is 0.251 e. The van der Waals surface area contributed by atoms with Crippen molar-refractivity contribution in [1.82, 2.24) is 0 Å². The van der Waals surface area contributed by atoms with Gasteiger partial charge >= 0.3 is 15.6 Å². The van der Waals surface area contributed by atoms with E-state index in [9.17, 15) is 21.6 Å². The highest BCUT2D eigenvalue weighted by Crippen LogP contribution is 2.31. The highest BCUT2D eigenvalue weighted by Gasteiger charge is 2.49. The number of rotatable bonds is 2. The van der Waals surface area contributed by atoms with Gasteiger partial charge < -0.3 is 0 Å². The molecule has 70 valence electrons. The maximum absolute atomic E-state index is 11.6. The molecular weight excluding hydrogens is 197 g/mol. The lowest BCUT2D eigenvalue weighted by molar-refractivity contribution is -0.0544. The zero-order valence-corrected chi connectivity index (χ0v) is 6.74. The molecule has 3 nitrogen and oxygen atoms in total. The summed E-state index contributed by atoms with van der Waals surface area (Å²) in [6.07, 6.45) is 0.292. The average molecular weight is 202 g/mol. The second kappa shape index (κ2) is 2.46. The summed E-state index contributed by atoms with van der Waals surface area (Å²) in [6.45, 7) is 1.48. The predicted molar refractivity (Wildman–Crippen MR) is 33.6 cm³/mol. The lowest BCUT2D eigenvalue weighted by atomic mass is 10.5. The topological polar surface area (TPSA) is 43.4 Å². The highest BCUT2D eigenvalue weighted by molar-refractivity contribution is 7.87. The van der Waals surface area contributed by atoms with Crippen molar-refractivity contribution < 1.29 is 25.8 Å². The second-order valence-corrected chi connectivity index (χ2v) is 3.89. The van der Waals surface area contributed by atoms with Crippen LogP contribution in [0.4, 0.5) is 13.2 Å². The summed E-state index contributed by atoms with van der Waals surface area (Å²) in [5.41, 5.74) is -4.84. The van der Waals surface area contributed by atoms with Crippen LogP contribution in [-0.4, -0.2) is 20.0 Å². The number of hydrogen-bond acceptors (Lipinski definition) is 3. The van der Waals surface area contributed by atoms with Gasteiger partial charge in [-0.2, -0.15) is 21.6 Å². The molecule has 0 aromatic heterocycles. The van der Waals surface area contributed by atoms with Gasteiger partial charge in [0.2, 0.25) is 0 Å². The van der Waals surface area contributed by atoms with E-state index in [1.54, 1.807) is 0 Å². The zero-order chi connectivity index (χ0) is 9.57. The Kier molecular flexibility index (Phi) is 1.95. The SMILES string of the molecule is CC1=CC1OS(=O)(=O)C(F)(F)F. The van der Waals surface area contributed by atoms with Gasteiger partial charge in [0.05, 0.1) is 0 Å². The molecule has 1 aliphatic rings. The summed E-state index contributed by atoms with van der Waals surface area (Å²) in [6, 6.07) is 0. The van der Waals surface area contributed by atoms with Crippen LogP contribution in [0.2, 0.25) is 0 Å². The van der Waals surface area contributed by atoms with Crippen molar-refractivity contribution in [2.75, 3.05) is 0 Å².